The third-order valence-corrected chi connectivity index (χ3v) is 1.79. The first-order valence-corrected chi connectivity index (χ1v) is 3.76. The van der Waals surface area contributed by atoms with Crippen LogP contribution in [-0.2, 0) is 0 Å². The smallest absolute Gasteiger partial charge is 0.125 e. The van der Waals surface area contributed by atoms with Crippen LogP contribution in [0.5, 0.6) is 0 Å². The van der Waals surface area contributed by atoms with Gasteiger partial charge in [-0.3, -0.25) is 4.99 Å². The SMILES string of the molecule is CC1(C)N=CC=CN1CCO. The van der Waals surface area contributed by atoms with Gasteiger partial charge < -0.3 is 10.0 Å². The normalized spacial score (nSPS) is 20.8. The van der Waals surface area contributed by atoms with Crippen LogP contribution < -0.4 is 0 Å². The van der Waals surface area contributed by atoms with Gasteiger partial charge in [0.25, 0.3) is 0 Å². The molecule has 0 bridgehead atoms. The summed E-state index contributed by atoms with van der Waals surface area (Å²) in [6.07, 6.45) is 5.61. The summed E-state index contributed by atoms with van der Waals surface area (Å²) in [5.41, 5.74) is -0.197. The van der Waals surface area contributed by atoms with E-state index in [2.05, 4.69) is 4.99 Å². The topological polar surface area (TPSA) is 35.8 Å². The van der Waals surface area contributed by atoms with Crippen molar-refractivity contribution in [3.63, 3.8) is 0 Å². The second-order valence-electron chi connectivity index (χ2n) is 3.03. The third-order valence-electron chi connectivity index (χ3n) is 1.79. The summed E-state index contributed by atoms with van der Waals surface area (Å²) in [5, 5.41) is 8.72. The monoisotopic (exact) mass is 154 g/mol. The summed E-state index contributed by atoms with van der Waals surface area (Å²) in [4.78, 5) is 6.27. The molecule has 1 rings (SSSR count). The van der Waals surface area contributed by atoms with Crippen LogP contribution in [0.3, 0.4) is 0 Å². The Bertz CT molecular complexity index is 185. The molecule has 0 fully saturated rings. The molecule has 1 heterocycles. The predicted molar refractivity (Wildman–Crippen MR) is 45.5 cm³/mol. The molecular formula is C8H14N2O. The fourth-order valence-corrected chi connectivity index (χ4v) is 1.08. The molecular weight excluding hydrogens is 140 g/mol. The van der Waals surface area contributed by atoms with Crippen LogP contribution in [0.1, 0.15) is 13.8 Å². The molecule has 1 aliphatic rings. The molecule has 3 heteroatoms. The van der Waals surface area contributed by atoms with Crippen molar-refractivity contribution in [2.75, 3.05) is 13.2 Å². The Balaban J connectivity index is 2.64. The molecule has 1 aliphatic heterocycles. The maximum atomic E-state index is 8.72. The van der Waals surface area contributed by atoms with Crippen molar-refractivity contribution in [3.8, 4) is 0 Å². The number of allylic oxidation sites excluding steroid dienone is 1. The van der Waals surface area contributed by atoms with Crippen molar-refractivity contribution >= 4 is 6.21 Å². The van der Waals surface area contributed by atoms with Crippen LogP contribution in [0, 0.1) is 0 Å². The largest absolute Gasteiger partial charge is 0.395 e. The zero-order chi connectivity index (χ0) is 8.32. The summed E-state index contributed by atoms with van der Waals surface area (Å²) in [6.45, 7) is 4.84. The molecule has 62 valence electrons. The van der Waals surface area contributed by atoms with Crippen LogP contribution >= 0.6 is 0 Å². The van der Waals surface area contributed by atoms with Crippen molar-refractivity contribution in [2.24, 2.45) is 4.99 Å². The maximum absolute atomic E-state index is 8.72. The minimum Gasteiger partial charge on any atom is -0.395 e. The van der Waals surface area contributed by atoms with Crippen LogP contribution in [0.25, 0.3) is 0 Å². The van der Waals surface area contributed by atoms with Gasteiger partial charge >= 0.3 is 0 Å². The van der Waals surface area contributed by atoms with E-state index in [4.69, 9.17) is 5.11 Å². The lowest BCUT2D eigenvalue weighted by Crippen LogP contribution is -2.41. The van der Waals surface area contributed by atoms with Crippen molar-refractivity contribution in [3.05, 3.63) is 12.3 Å². The van der Waals surface area contributed by atoms with Gasteiger partial charge in [0.1, 0.15) is 5.66 Å². The second-order valence-corrected chi connectivity index (χ2v) is 3.03. The number of hydrogen-bond donors (Lipinski definition) is 1. The Morgan fingerprint density at radius 1 is 1.55 bits per heavy atom. The maximum Gasteiger partial charge on any atom is 0.125 e. The fourth-order valence-electron chi connectivity index (χ4n) is 1.08. The van der Waals surface area contributed by atoms with E-state index in [0.717, 1.165) is 0 Å². The van der Waals surface area contributed by atoms with Gasteiger partial charge in [-0.05, 0) is 19.9 Å². The highest BCUT2D eigenvalue weighted by Crippen LogP contribution is 2.17. The number of aliphatic imine (C=N–C) groups is 1. The molecule has 0 aromatic rings. The van der Waals surface area contributed by atoms with Gasteiger partial charge in [-0.25, -0.2) is 0 Å². The minimum atomic E-state index is -0.197. The number of rotatable bonds is 2. The molecule has 0 atom stereocenters. The molecule has 1 N–H and O–H groups in total. The number of aliphatic hydroxyl groups excluding tert-OH is 1. The summed E-state index contributed by atoms with van der Waals surface area (Å²) >= 11 is 0. The first kappa shape index (κ1) is 8.27. The molecule has 0 unspecified atom stereocenters. The molecule has 0 radical (unpaired) electrons. The van der Waals surface area contributed by atoms with Gasteiger partial charge in [0.15, 0.2) is 0 Å². The third kappa shape index (κ3) is 1.80. The number of β-amino-alcohol motifs (C(OH)–C–C–N with tert-alkyl or cyclic N) is 1. The van der Waals surface area contributed by atoms with E-state index in [-0.39, 0.29) is 12.3 Å². The average molecular weight is 154 g/mol. The first-order chi connectivity index (χ1) is 5.17. The van der Waals surface area contributed by atoms with E-state index >= 15 is 0 Å². The zero-order valence-electron chi connectivity index (χ0n) is 6.99. The van der Waals surface area contributed by atoms with Gasteiger partial charge in [-0.2, -0.15) is 0 Å². The molecule has 0 spiro atoms. The van der Waals surface area contributed by atoms with Crippen molar-refractivity contribution in [1.82, 2.24) is 4.90 Å². The van der Waals surface area contributed by atoms with Crippen LogP contribution in [0.4, 0.5) is 0 Å². The van der Waals surface area contributed by atoms with E-state index in [1.54, 1.807) is 6.21 Å². The van der Waals surface area contributed by atoms with E-state index in [0.29, 0.717) is 6.54 Å². The van der Waals surface area contributed by atoms with Gasteiger partial charge in [-0.1, -0.05) is 0 Å². The highest BCUT2D eigenvalue weighted by molar-refractivity contribution is 5.72. The lowest BCUT2D eigenvalue weighted by Gasteiger charge is -2.35. The van der Waals surface area contributed by atoms with E-state index in [1.807, 2.05) is 31.0 Å². The molecule has 0 saturated carbocycles. The second kappa shape index (κ2) is 3.05. The number of aliphatic hydroxyl groups is 1. The van der Waals surface area contributed by atoms with Crippen molar-refractivity contribution < 1.29 is 5.11 Å². The van der Waals surface area contributed by atoms with Crippen molar-refractivity contribution in [1.29, 1.82) is 0 Å². The Morgan fingerprint density at radius 2 is 2.27 bits per heavy atom. The summed E-state index contributed by atoms with van der Waals surface area (Å²) in [6, 6.07) is 0. The van der Waals surface area contributed by atoms with Crippen LogP contribution in [-0.4, -0.2) is 35.0 Å². The van der Waals surface area contributed by atoms with E-state index in [9.17, 15) is 0 Å². The first-order valence-electron chi connectivity index (χ1n) is 3.76. The van der Waals surface area contributed by atoms with E-state index < -0.39 is 0 Å². The average Bonchev–Trinajstić information content (AvgIpc) is 1.94. The Morgan fingerprint density at radius 3 is 2.82 bits per heavy atom. The standard InChI is InChI=1S/C8H14N2O/c1-8(2)9-4-3-5-10(8)6-7-11/h3-5,11H,6-7H2,1-2H3. The molecule has 11 heavy (non-hydrogen) atoms. The summed E-state index contributed by atoms with van der Waals surface area (Å²) in [7, 11) is 0. The van der Waals surface area contributed by atoms with Crippen LogP contribution in [0.15, 0.2) is 17.3 Å². The van der Waals surface area contributed by atoms with Crippen LogP contribution in [0.2, 0.25) is 0 Å². The van der Waals surface area contributed by atoms with Gasteiger partial charge in [-0.15, -0.1) is 0 Å². The zero-order valence-corrected chi connectivity index (χ0v) is 6.99. The number of nitrogens with zero attached hydrogens (tertiary/aromatic N) is 2. The lowest BCUT2D eigenvalue weighted by atomic mass is 10.2. The van der Waals surface area contributed by atoms with Gasteiger partial charge in [0.05, 0.1) is 6.61 Å². The summed E-state index contributed by atoms with van der Waals surface area (Å²) < 4.78 is 0. The van der Waals surface area contributed by atoms with Gasteiger partial charge in [0, 0.05) is 19.0 Å². The van der Waals surface area contributed by atoms with Crippen molar-refractivity contribution in [2.45, 2.75) is 19.5 Å². The van der Waals surface area contributed by atoms with E-state index in [1.165, 1.54) is 0 Å². The molecule has 0 aliphatic carbocycles. The highest BCUT2D eigenvalue weighted by Gasteiger charge is 2.22. The highest BCUT2D eigenvalue weighted by atomic mass is 16.3. The lowest BCUT2D eigenvalue weighted by molar-refractivity contribution is 0.150. The Labute approximate surface area is 67.0 Å². The fraction of sp³-hybridized carbons (Fsp3) is 0.625. The molecule has 3 nitrogen and oxygen atoms in total. The Hall–Kier alpha value is -0.830. The molecule has 0 aromatic carbocycles. The quantitative estimate of drug-likeness (QED) is 0.632. The molecule has 0 aromatic heterocycles. The number of hydrogen-bond acceptors (Lipinski definition) is 3. The Kier molecular flexibility index (Phi) is 2.29. The van der Waals surface area contributed by atoms with Gasteiger partial charge in [0.2, 0.25) is 0 Å². The summed E-state index contributed by atoms with van der Waals surface area (Å²) in [5.74, 6) is 0. The molecule has 0 saturated heterocycles. The minimum absolute atomic E-state index is 0.170. The predicted octanol–water partition coefficient (Wildman–Crippen LogP) is 0.615. The molecule has 0 amide bonds.